The van der Waals surface area contributed by atoms with Crippen LogP contribution in [0.1, 0.15) is 46.0 Å². The van der Waals surface area contributed by atoms with E-state index in [0.29, 0.717) is 34.9 Å². The van der Waals surface area contributed by atoms with E-state index in [9.17, 15) is 9.59 Å². The van der Waals surface area contributed by atoms with E-state index in [-0.39, 0.29) is 18.1 Å². The molecule has 1 N–H and O–H groups in total. The van der Waals surface area contributed by atoms with E-state index in [1.165, 1.54) is 0 Å². The normalized spacial score (nSPS) is 10.4. The highest BCUT2D eigenvalue weighted by Crippen LogP contribution is 2.27. The van der Waals surface area contributed by atoms with E-state index < -0.39 is 0 Å². The predicted octanol–water partition coefficient (Wildman–Crippen LogP) is 5.56. The van der Waals surface area contributed by atoms with Crippen molar-refractivity contribution in [1.82, 2.24) is 0 Å². The average Bonchev–Trinajstić information content (AvgIpc) is 2.84. The summed E-state index contributed by atoms with van der Waals surface area (Å²) in [4.78, 5) is 26.1. The number of carbonyl (C=O) groups excluding carboxylic acids is 2. The first-order valence-electron chi connectivity index (χ1n) is 10.9. The minimum atomic E-state index is -0.353. The van der Waals surface area contributed by atoms with Gasteiger partial charge in [-0.1, -0.05) is 37.6 Å². The van der Waals surface area contributed by atoms with Crippen molar-refractivity contribution in [3.63, 3.8) is 0 Å². The topological polar surface area (TPSA) is 73.9 Å². The van der Waals surface area contributed by atoms with Crippen LogP contribution in [-0.2, 0) is 6.42 Å². The number of amides is 1. The molecule has 0 spiro atoms. The Morgan fingerprint density at radius 2 is 1.55 bits per heavy atom. The van der Waals surface area contributed by atoms with Crippen molar-refractivity contribution >= 4 is 17.4 Å². The number of unbranched alkanes of at least 4 members (excludes halogenated alkanes) is 1. The minimum absolute atomic E-state index is 0.0924. The Kier molecular flexibility index (Phi) is 8.47. The number of Topliss-reactive ketones (excluding diaryl/α,β-unsaturated/α-hetero) is 1. The quantitative estimate of drug-likeness (QED) is 0.308. The van der Waals surface area contributed by atoms with Gasteiger partial charge in [-0.05, 0) is 48.4 Å². The van der Waals surface area contributed by atoms with Crippen LogP contribution in [0.2, 0.25) is 0 Å². The second-order valence-corrected chi connectivity index (χ2v) is 7.51. The standard InChI is InChI=1S/C27H29NO5/c1-4-5-16-33-26-18-21(32-3)14-15-23(26)27(30)28-24-9-7-6-8-22(24)25(29)17-19-10-12-20(31-2)13-11-19/h6-15,18H,4-5,16-17H2,1-3H3,(H,28,30). The zero-order valence-corrected chi connectivity index (χ0v) is 19.2. The Morgan fingerprint density at radius 3 is 2.24 bits per heavy atom. The van der Waals surface area contributed by atoms with Gasteiger partial charge >= 0.3 is 0 Å². The van der Waals surface area contributed by atoms with E-state index >= 15 is 0 Å². The number of ether oxygens (including phenoxy) is 3. The van der Waals surface area contributed by atoms with Gasteiger partial charge in [-0.2, -0.15) is 0 Å². The molecule has 0 unspecified atom stereocenters. The van der Waals surface area contributed by atoms with Crippen LogP contribution in [0.4, 0.5) is 5.69 Å². The molecule has 0 saturated heterocycles. The first kappa shape index (κ1) is 23.9. The molecule has 6 heteroatoms. The van der Waals surface area contributed by atoms with Gasteiger partial charge in [-0.15, -0.1) is 0 Å². The van der Waals surface area contributed by atoms with Crippen molar-refractivity contribution in [2.24, 2.45) is 0 Å². The smallest absolute Gasteiger partial charge is 0.259 e. The van der Waals surface area contributed by atoms with Gasteiger partial charge < -0.3 is 19.5 Å². The van der Waals surface area contributed by atoms with Crippen molar-refractivity contribution in [3.8, 4) is 17.2 Å². The fraction of sp³-hybridized carbons (Fsp3) is 0.259. The zero-order chi connectivity index (χ0) is 23.6. The SMILES string of the molecule is CCCCOc1cc(OC)ccc1C(=O)Nc1ccccc1C(=O)Cc1ccc(OC)cc1. The molecule has 1 amide bonds. The maximum atomic E-state index is 13.1. The van der Waals surface area contributed by atoms with Crippen LogP contribution >= 0.6 is 0 Å². The van der Waals surface area contributed by atoms with Crippen molar-refractivity contribution < 1.29 is 23.8 Å². The summed E-state index contributed by atoms with van der Waals surface area (Å²) >= 11 is 0. The molecule has 0 radical (unpaired) electrons. The maximum absolute atomic E-state index is 13.1. The lowest BCUT2D eigenvalue weighted by Crippen LogP contribution is -2.17. The van der Waals surface area contributed by atoms with Crippen LogP contribution in [0, 0.1) is 0 Å². The number of rotatable bonds is 11. The van der Waals surface area contributed by atoms with E-state index in [1.807, 2.05) is 24.3 Å². The van der Waals surface area contributed by atoms with Crippen LogP contribution in [0.15, 0.2) is 66.7 Å². The largest absolute Gasteiger partial charge is 0.497 e. The highest BCUT2D eigenvalue weighted by atomic mass is 16.5. The molecule has 0 bridgehead atoms. The average molecular weight is 448 g/mol. The molecule has 6 nitrogen and oxygen atoms in total. The molecule has 172 valence electrons. The monoisotopic (exact) mass is 447 g/mol. The number of hydrogen-bond acceptors (Lipinski definition) is 5. The molecule has 33 heavy (non-hydrogen) atoms. The number of anilines is 1. The fourth-order valence-electron chi connectivity index (χ4n) is 3.31. The van der Waals surface area contributed by atoms with E-state index in [0.717, 1.165) is 24.2 Å². The summed E-state index contributed by atoms with van der Waals surface area (Å²) in [7, 11) is 3.16. The Hall–Kier alpha value is -3.80. The number of ketones is 1. The van der Waals surface area contributed by atoms with Gasteiger partial charge in [0.2, 0.25) is 0 Å². The molecule has 3 aromatic carbocycles. The fourth-order valence-corrected chi connectivity index (χ4v) is 3.31. The zero-order valence-electron chi connectivity index (χ0n) is 19.2. The Morgan fingerprint density at radius 1 is 0.848 bits per heavy atom. The molecule has 0 saturated carbocycles. The molecular weight excluding hydrogens is 418 g/mol. The highest BCUT2D eigenvalue weighted by Gasteiger charge is 2.18. The molecule has 0 aromatic heterocycles. The van der Waals surface area contributed by atoms with Gasteiger partial charge in [-0.25, -0.2) is 0 Å². The van der Waals surface area contributed by atoms with Gasteiger partial charge in [0.25, 0.3) is 5.91 Å². The van der Waals surface area contributed by atoms with E-state index in [2.05, 4.69) is 12.2 Å². The number of methoxy groups -OCH3 is 2. The second-order valence-electron chi connectivity index (χ2n) is 7.51. The summed E-state index contributed by atoms with van der Waals surface area (Å²) in [5, 5.41) is 2.88. The lowest BCUT2D eigenvalue weighted by Gasteiger charge is -2.14. The molecule has 3 rings (SSSR count). The number of carbonyl (C=O) groups is 2. The highest BCUT2D eigenvalue weighted by molar-refractivity contribution is 6.11. The Bertz CT molecular complexity index is 1090. The summed E-state index contributed by atoms with van der Waals surface area (Å²) < 4.78 is 16.3. The molecule has 0 atom stereocenters. The van der Waals surface area contributed by atoms with E-state index in [1.54, 1.807) is 56.7 Å². The van der Waals surface area contributed by atoms with Crippen LogP contribution in [0.25, 0.3) is 0 Å². The van der Waals surface area contributed by atoms with Crippen molar-refractivity contribution in [2.45, 2.75) is 26.2 Å². The number of hydrogen-bond donors (Lipinski definition) is 1. The minimum Gasteiger partial charge on any atom is -0.497 e. The van der Waals surface area contributed by atoms with Crippen LogP contribution in [-0.4, -0.2) is 32.5 Å². The third kappa shape index (κ3) is 6.35. The molecule has 0 fully saturated rings. The third-order valence-corrected chi connectivity index (χ3v) is 5.19. The summed E-state index contributed by atoms with van der Waals surface area (Å²) in [6.45, 7) is 2.57. The number of benzene rings is 3. The van der Waals surface area contributed by atoms with Crippen molar-refractivity contribution in [3.05, 3.63) is 83.4 Å². The molecule has 0 heterocycles. The van der Waals surface area contributed by atoms with Crippen LogP contribution in [0.5, 0.6) is 17.2 Å². The molecule has 0 aliphatic heterocycles. The summed E-state index contributed by atoms with van der Waals surface area (Å²) in [6.07, 6.45) is 2.07. The molecule has 3 aromatic rings. The number of para-hydroxylation sites is 1. The first-order chi connectivity index (χ1) is 16.0. The summed E-state index contributed by atoms with van der Waals surface area (Å²) in [6, 6.07) is 19.4. The van der Waals surface area contributed by atoms with Crippen LogP contribution in [0.3, 0.4) is 0 Å². The van der Waals surface area contributed by atoms with Gasteiger partial charge in [0, 0.05) is 18.1 Å². The van der Waals surface area contributed by atoms with Crippen molar-refractivity contribution in [2.75, 3.05) is 26.1 Å². The molecule has 0 aliphatic carbocycles. The Balaban J connectivity index is 1.80. The third-order valence-electron chi connectivity index (χ3n) is 5.19. The van der Waals surface area contributed by atoms with Gasteiger partial charge in [-0.3, -0.25) is 9.59 Å². The second kappa shape index (κ2) is 11.7. The van der Waals surface area contributed by atoms with Gasteiger partial charge in [0.15, 0.2) is 5.78 Å². The predicted molar refractivity (Wildman–Crippen MR) is 129 cm³/mol. The maximum Gasteiger partial charge on any atom is 0.259 e. The molecular formula is C27H29NO5. The first-order valence-corrected chi connectivity index (χ1v) is 10.9. The van der Waals surface area contributed by atoms with Crippen LogP contribution < -0.4 is 19.5 Å². The number of nitrogens with one attached hydrogen (secondary N) is 1. The van der Waals surface area contributed by atoms with Gasteiger partial charge in [0.05, 0.1) is 32.1 Å². The summed E-state index contributed by atoms with van der Waals surface area (Å²) in [5.41, 5.74) is 2.15. The van der Waals surface area contributed by atoms with Crippen molar-refractivity contribution in [1.29, 1.82) is 0 Å². The van der Waals surface area contributed by atoms with E-state index in [4.69, 9.17) is 14.2 Å². The molecule has 0 aliphatic rings. The lowest BCUT2D eigenvalue weighted by molar-refractivity contribution is 0.0993. The Labute approximate surface area is 194 Å². The lowest BCUT2D eigenvalue weighted by atomic mass is 10.0. The van der Waals surface area contributed by atoms with Gasteiger partial charge in [0.1, 0.15) is 17.2 Å². The summed E-state index contributed by atoms with van der Waals surface area (Å²) in [5.74, 6) is 1.34.